The Kier molecular flexibility index (Phi) is 5.80. The molecule has 168 valence electrons. The maximum Gasteiger partial charge on any atom is 0.335 e. The van der Waals surface area contributed by atoms with Crippen LogP contribution in [0.15, 0.2) is 46.4 Å². The standard InChI is InChI=1S/C25H23BrN4O3/c1-13-6-8-19(11-14(13)2)30-17(5)20(16(4)28-30)12-21-23(31)27-25(33)29(24(21)32)22-9-7-18(26)10-15(22)3/h6-12H,1-5H3,(H,27,31,33)/b21-12-. The third-order valence-electron chi connectivity index (χ3n) is 5.87. The number of hydrogen-bond donors (Lipinski definition) is 1. The van der Waals surface area contributed by atoms with Crippen LogP contribution in [-0.2, 0) is 9.59 Å². The first-order valence-electron chi connectivity index (χ1n) is 10.4. The van der Waals surface area contributed by atoms with Crippen LogP contribution < -0.4 is 10.2 Å². The molecule has 2 heterocycles. The highest BCUT2D eigenvalue weighted by Gasteiger charge is 2.37. The third kappa shape index (κ3) is 4.02. The molecule has 8 heteroatoms. The number of carbonyl (C=O) groups excluding carboxylic acids is 3. The average molecular weight is 507 g/mol. The molecular weight excluding hydrogens is 484 g/mol. The number of urea groups is 1. The molecular formula is C25H23BrN4O3. The summed E-state index contributed by atoms with van der Waals surface area (Å²) in [5.74, 6) is -1.40. The zero-order valence-electron chi connectivity index (χ0n) is 19.0. The Morgan fingerprint density at radius 3 is 2.30 bits per heavy atom. The van der Waals surface area contributed by atoms with Crippen LogP contribution >= 0.6 is 15.9 Å². The number of halogens is 1. The van der Waals surface area contributed by atoms with Crippen LogP contribution in [0.5, 0.6) is 0 Å². The van der Waals surface area contributed by atoms with Gasteiger partial charge in [0.1, 0.15) is 5.57 Å². The Bertz CT molecular complexity index is 1370. The van der Waals surface area contributed by atoms with Crippen LogP contribution in [0, 0.1) is 34.6 Å². The van der Waals surface area contributed by atoms with Gasteiger partial charge in [-0.05, 0) is 87.7 Å². The summed E-state index contributed by atoms with van der Waals surface area (Å²) in [5.41, 5.74) is 6.34. The van der Waals surface area contributed by atoms with Gasteiger partial charge in [0.2, 0.25) is 0 Å². The van der Waals surface area contributed by atoms with Gasteiger partial charge in [0.05, 0.1) is 17.1 Å². The highest BCUT2D eigenvalue weighted by atomic mass is 79.9. The number of nitrogens with one attached hydrogen (secondary N) is 1. The first-order chi connectivity index (χ1) is 15.6. The molecule has 0 unspecified atom stereocenters. The molecule has 0 atom stereocenters. The van der Waals surface area contributed by atoms with Gasteiger partial charge in [0.15, 0.2) is 0 Å². The lowest BCUT2D eigenvalue weighted by Gasteiger charge is -2.27. The topological polar surface area (TPSA) is 84.3 Å². The van der Waals surface area contributed by atoms with E-state index in [4.69, 9.17) is 0 Å². The van der Waals surface area contributed by atoms with E-state index >= 15 is 0 Å². The van der Waals surface area contributed by atoms with Crippen molar-refractivity contribution in [2.45, 2.75) is 34.6 Å². The normalized spacial score (nSPS) is 15.4. The van der Waals surface area contributed by atoms with Crippen LogP contribution in [0.25, 0.3) is 11.8 Å². The molecule has 1 aromatic heterocycles. The van der Waals surface area contributed by atoms with Gasteiger partial charge in [0.25, 0.3) is 11.8 Å². The third-order valence-corrected chi connectivity index (χ3v) is 6.37. The Balaban J connectivity index is 1.79. The van der Waals surface area contributed by atoms with Gasteiger partial charge in [-0.25, -0.2) is 14.4 Å². The summed E-state index contributed by atoms with van der Waals surface area (Å²) >= 11 is 3.38. The summed E-state index contributed by atoms with van der Waals surface area (Å²) in [4.78, 5) is 39.5. The molecule has 4 rings (SSSR count). The fourth-order valence-electron chi connectivity index (χ4n) is 3.86. The zero-order valence-corrected chi connectivity index (χ0v) is 20.6. The SMILES string of the molecule is Cc1ccc(-n2nc(C)c(/C=C3/C(=O)NC(=O)N(c4ccc(Br)cc4C)C3=O)c2C)cc1C. The molecule has 2 aromatic carbocycles. The lowest BCUT2D eigenvalue weighted by atomic mass is 10.0. The molecule has 7 nitrogen and oxygen atoms in total. The highest BCUT2D eigenvalue weighted by Crippen LogP contribution is 2.29. The molecule has 0 aliphatic carbocycles. The second kappa shape index (κ2) is 8.44. The van der Waals surface area contributed by atoms with E-state index in [0.717, 1.165) is 31.9 Å². The van der Waals surface area contributed by atoms with Crippen molar-refractivity contribution in [3.8, 4) is 5.69 Å². The number of benzene rings is 2. The van der Waals surface area contributed by atoms with E-state index in [1.54, 1.807) is 29.8 Å². The van der Waals surface area contributed by atoms with Gasteiger partial charge in [-0.3, -0.25) is 14.9 Å². The molecule has 1 fully saturated rings. The molecule has 0 spiro atoms. The summed E-state index contributed by atoms with van der Waals surface area (Å²) in [5, 5.41) is 6.91. The fraction of sp³-hybridized carbons (Fsp3) is 0.200. The van der Waals surface area contributed by atoms with Gasteiger partial charge < -0.3 is 0 Å². The second-order valence-corrected chi connectivity index (χ2v) is 9.07. The molecule has 0 saturated carbocycles. The van der Waals surface area contributed by atoms with Crippen LogP contribution in [0.1, 0.15) is 33.6 Å². The van der Waals surface area contributed by atoms with Crippen molar-refractivity contribution < 1.29 is 14.4 Å². The number of nitrogens with zero attached hydrogens (tertiary/aromatic N) is 3. The lowest BCUT2D eigenvalue weighted by Crippen LogP contribution is -2.54. The lowest BCUT2D eigenvalue weighted by molar-refractivity contribution is -0.122. The molecule has 0 radical (unpaired) electrons. The predicted octanol–water partition coefficient (Wildman–Crippen LogP) is 4.84. The van der Waals surface area contributed by atoms with Crippen LogP contribution in [0.4, 0.5) is 10.5 Å². The minimum Gasteiger partial charge on any atom is -0.273 e. The number of rotatable bonds is 3. The van der Waals surface area contributed by atoms with Gasteiger partial charge in [0, 0.05) is 15.7 Å². The minimum absolute atomic E-state index is 0.122. The Labute approximate surface area is 200 Å². The summed E-state index contributed by atoms with van der Waals surface area (Å²) < 4.78 is 2.62. The maximum atomic E-state index is 13.3. The number of imide groups is 2. The van der Waals surface area contributed by atoms with Crippen molar-refractivity contribution in [3.05, 3.63) is 80.1 Å². The summed E-state index contributed by atoms with van der Waals surface area (Å²) in [6.45, 7) is 9.58. The predicted molar refractivity (Wildman–Crippen MR) is 130 cm³/mol. The Morgan fingerprint density at radius 2 is 1.64 bits per heavy atom. The van der Waals surface area contributed by atoms with Gasteiger partial charge in [-0.15, -0.1) is 0 Å². The number of anilines is 1. The summed E-state index contributed by atoms with van der Waals surface area (Å²) in [7, 11) is 0. The molecule has 0 bridgehead atoms. The van der Waals surface area contributed by atoms with Crippen molar-refractivity contribution in [1.29, 1.82) is 0 Å². The summed E-state index contributed by atoms with van der Waals surface area (Å²) in [6.07, 6.45) is 1.51. The van der Waals surface area contributed by atoms with Crippen LogP contribution in [0.3, 0.4) is 0 Å². The number of amides is 4. The van der Waals surface area contributed by atoms with E-state index in [2.05, 4.69) is 26.3 Å². The molecule has 1 N–H and O–H groups in total. The fourth-order valence-corrected chi connectivity index (χ4v) is 4.34. The molecule has 3 aromatic rings. The quantitative estimate of drug-likeness (QED) is 0.406. The van der Waals surface area contributed by atoms with Crippen molar-refractivity contribution in [2.75, 3.05) is 4.90 Å². The van der Waals surface area contributed by atoms with E-state index in [-0.39, 0.29) is 5.57 Å². The number of carbonyl (C=O) groups is 3. The van der Waals surface area contributed by atoms with Crippen LogP contribution in [-0.4, -0.2) is 27.6 Å². The zero-order chi connectivity index (χ0) is 24.0. The van der Waals surface area contributed by atoms with E-state index in [0.29, 0.717) is 16.9 Å². The van der Waals surface area contributed by atoms with E-state index in [9.17, 15) is 14.4 Å². The molecule has 4 amide bonds. The van der Waals surface area contributed by atoms with E-state index in [1.165, 1.54) is 11.6 Å². The van der Waals surface area contributed by atoms with Gasteiger partial charge >= 0.3 is 6.03 Å². The van der Waals surface area contributed by atoms with E-state index < -0.39 is 17.8 Å². The second-order valence-electron chi connectivity index (χ2n) is 8.15. The van der Waals surface area contributed by atoms with Crippen molar-refractivity contribution >= 4 is 45.5 Å². The van der Waals surface area contributed by atoms with Crippen molar-refractivity contribution in [2.24, 2.45) is 0 Å². The van der Waals surface area contributed by atoms with Crippen LogP contribution in [0.2, 0.25) is 0 Å². The smallest absolute Gasteiger partial charge is 0.273 e. The van der Waals surface area contributed by atoms with E-state index in [1.807, 2.05) is 45.9 Å². The first kappa shape index (κ1) is 22.7. The largest absolute Gasteiger partial charge is 0.335 e. The Hall–Kier alpha value is -3.52. The molecule has 1 aliphatic heterocycles. The molecule has 1 aliphatic rings. The molecule has 33 heavy (non-hydrogen) atoms. The monoisotopic (exact) mass is 506 g/mol. The number of hydrogen-bond acceptors (Lipinski definition) is 4. The minimum atomic E-state index is -0.771. The maximum absolute atomic E-state index is 13.3. The summed E-state index contributed by atoms with van der Waals surface area (Å²) in [6, 6.07) is 10.5. The number of aryl methyl sites for hydroxylation is 4. The average Bonchev–Trinajstić information content (AvgIpc) is 3.02. The van der Waals surface area contributed by atoms with Crippen molar-refractivity contribution in [1.82, 2.24) is 15.1 Å². The highest BCUT2D eigenvalue weighted by molar-refractivity contribution is 9.10. The first-order valence-corrected chi connectivity index (χ1v) is 11.2. The number of barbiturate groups is 1. The van der Waals surface area contributed by atoms with Gasteiger partial charge in [-0.2, -0.15) is 5.10 Å². The number of aromatic nitrogens is 2. The van der Waals surface area contributed by atoms with Gasteiger partial charge in [-0.1, -0.05) is 22.0 Å². The Morgan fingerprint density at radius 1 is 0.909 bits per heavy atom. The molecule has 1 saturated heterocycles. The van der Waals surface area contributed by atoms with Crippen molar-refractivity contribution in [3.63, 3.8) is 0 Å².